The van der Waals surface area contributed by atoms with Crippen LogP contribution in [0.1, 0.15) is 35.2 Å². The number of rotatable bonds is 4. The molecular formula is C16H18F3N3. The average Bonchev–Trinajstić information content (AvgIpc) is 3.16. The fourth-order valence-corrected chi connectivity index (χ4v) is 2.41. The maximum absolute atomic E-state index is 13.5. The molecule has 0 aliphatic heterocycles. The lowest BCUT2D eigenvalue weighted by Gasteiger charge is -2.14. The quantitative estimate of drug-likeness (QED) is 0.932. The Morgan fingerprint density at radius 3 is 2.55 bits per heavy atom. The minimum atomic E-state index is -4.43. The van der Waals surface area contributed by atoms with Crippen LogP contribution in [-0.2, 0) is 12.7 Å². The molecule has 0 amide bonds. The van der Waals surface area contributed by atoms with E-state index in [1.54, 1.807) is 12.1 Å². The van der Waals surface area contributed by atoms with Gasteiger partial charge in [0.05, 0.1) is 11.9 Å². The highest BCUT2D eigenvalue weighted by Gasteiger charge is 2.38. The second-order valence-electron chi connectivity index (χ2n) is 5.85. The molecule has 1 aliphatic rings. The molecule has 118 valence electrons. The molecule has 0 unspecified atom stereocenters. The van der Waals surface area contributed by atoms with E-state index in [0.29, 0.717) is 11.7 Å². The van der Waals surface area contributed by atoms with Gasteiger partial charge in [0.25, 0.3) is 0 Å². The van der Waals surface area contributed by atoms with Crippen molar-refractivity contribution >= 4 is 0 Å². The monoisotopic (exact) mass is 309 g/mol. The lowest BCUT2D eigenvalue weighted by Crippen LogP contribution is -2.20. The predicted molar refractivity (Wildman–Crippen MR) is 77.9 cm³/mol. The van der Waals surface area contributed by atoms with Crippen LogP contribution in [0, 0.1) is 13.8 Å². The molecule has 0 atom stereocenters. The van der Waals surface area contributed by atoms with Crippen molar-refractivity contribution in [3.05, 3.63) is 46.8 Å². The number of hydrogen-bond acceptors (Lipinski definition) is 2. The molecule has 0 saturated heterocycles. The Balaban J connectivity index is 2.00. The highest BCUT2D eigenvalue weighted by atomic mass is 19.4. The van der Waals surface area contributed by atoms with Crippen LogP contribution in [0.4, 0.5) is 13.2 Å². The van der Waals surface area contributed by atoms with Gasteiger partial charge in [0.2, 0.25) is 0 Å². The molecule has 22 heavy (non-hydrogen) atoms. The Bertz CT molecular complexity index is 684. The lowest BCUT2D eigenvalue weighted by atomic mass is 10.1. The van der Waals surface area contributed by atoms with E-state index in [0.717, 1.165) is 28.7 Å². The molecule has 2 aromatic rings. The Labute approximate surface area is 127 Å². The van der Waals surface area contributed by atoms with Gasteiger partial charge >= 0.3 is 6.18 Å². The molecule has 1 heterocycles. The largest absolute Gasteiger partial charge is 0.433 e. The van der Waals surface area contributed by atoms with E-state index in [2.05, 4.69) is 10.4 Å². The Morgan fingerprint density at radius 2 is 1.95 bits per heavy atom. The molecule has 1 aromatic heterocycles. The third-order valence-electron chi connectivity index (χ3n) is 4.01. The first-order valence-electron chi connectivity index (χ1n) is 7.31. The average molecular weight is 309 g/mol. The van der Waals surface area contributed by atoms with E-state index >= 15 is 0 Å². The highest BCUT2D eigenvalue weighted by Crippen LogP contribution is 2.34. The normalized spacial score (nSPS) is 15.3. The number of nitrogens with zero attached hydrogens (tertiary/aromatic N) is 2. The fraction of sp³-hybridized carbons (Fsp3) is 0.438. The van der Waals surface area contributed by atoms with E-state index in [9.17, 15) is 13.2 Å². The molecule has 1 aromatic carbocycles. The van der Waals surface area contributed by atoms with Crippen molar-refractivity contribution in [2.45, 2.75) is 45.5 Å². The molecule has 3 nitrogen and oxygen atoms in total. The Morgan fingerprint density at radius 1 is 1.23 bits per heavy atom. The summed E-state index contributed by atoms with van der Waals surface area (Å²) in [5, 5.41) is 7.10. The van der Waals surface area contributed by atoms with E-state index in [1.165, 1.54) is 6.20 Å². The van der Waals surface area contributed by atoms with Gasteiger partial charge in [-0.15, -0.1) is 0 Å². The summed E-state index contributed by atoms with van der Waals surface area (Å²) in [7, 11) is 0. The van der Waals surface area contributed by atoms with Gasteiger partial charge in [0.15, 0.2) is 5.69 Å². The van der Waals surface area contributed by atoms with Crippen LogP contribution in [0.25, 0.3) is 5.69 Å². The minimum absolute atomic E-state index is 0.192. The standard InChI is InChI=1S/C16H18F3N3/c1-10-3-6-14(7-11(10)2)22-15(16(17,18)19)12(9-21-22)8-20-13-4-5-13/h3,6-7,9,13,20H,4-5,8H2,1-2H3. The molecule has 1 saturated carbocycles. The summed E-state index contributed by atoms with van der Waals surface area (Å²) < 4.78 is 41.4. The van der Waals surface area contributed by atoms with Crippen LogP contribution >= 0.6 is 0 Å². The summed E-state index contributed by atoms with van der Waals surface area (Å²) >= 11 is 0. The number of aromatic nitrogens is 2. The highest BCUT2D eigenvalue weighted by molar-refractivity contribution is 5.41. The Kier molecular flexibility index (Phi) is 3.72. The summed E-state index contributed by atoms with van der Waals surface area (Å²) in [6, 6.07) is 5.57. The van der Waals surface area contributed by atoms with Gasteiger partial charge in [-0.1, -0.05) is 6.07 Å². The van der Waals surface area contributed by atoms with Crippen molar-refractivity contribution in [2.24, 2.45) is 0 Å². The van der Waals surface area contributed by atoms with Gasteiger partial charge in [0.1, 0.15) is 0 Å². The van der Waals surface area contributed by atoms with Crippen molar-refractivity contribution in [1.29, 1.82) is 0 Å². The number of nitrogens with one attached hydrogen (secondary N) is 1. The Hall–Kier alpha value is -1.82. The number of benzene rings is 1. The lowest BCUT2D eigenvalue weighted by molar-refractivity contribution is -0.143. The van der Waals surface area contributed by atoms with Crippen LogP contribution in [0.3, 0.4) is 0 Å². The third kappa shape index (κ3) is 3.02. The van der Waals surface area contributed by atoms with Gasteiger partial charge in [-0.2, -0.15) is 18.3 Å². The van der Waals surface area contributed by atoms with Crippen LogP contribution in [0.15, 0.2) is 24.4 Å². The smallest absolute Gasteiger partial charge is 0.310 e. The first-order valence-corrected chi connectivity index (χ1v) is 7.31. The third-order valence-corrected chi connectivity index (χ3v) is 4.01. The maximum atomic E-state index is 13.5. The zero-order valence-electron chi connectivity index (χ0n) is 12.5. The van der Waals surface area contributed by atoms with Gasteiger partial charge in [-0.25, -0.2) is 4.68 Å². The van der Waals surface area contributed by atoms with Gasteiger partial charge in [0, 0.05) is 18.2 Å². The fourth-order valence-electron chi connectivity index (χ4n) is 2.41. The van der Waals surface area contributed by atoms with Crippen LogP contribution in [0.5, 0.6) is 0 Å². The van der Waals surface area contributed by atoms with Crippen molar-refractivity contribution in [1.82, 2.24) is 15.1 Å². The molecule has 6 heteroatoms. The SMILES string of the molecule is Cc1ccc(-n2ncc(CNC3CC3)c2C(F)(F)F)cc1C. The molecule has 3 rings (SSSR count). The first kappa shape index (κ1) is 15.1. The molecule has 1 fully saturated rings. The van der Waals surface area contributed by atoms with Crippen LogP contribution in [-0.4, -0.2) is 15.8 Å². The molecule has 0 radical (unpaired) electrons. The van der Waals surface area contributed by atoms with Crippen LogP contribution in [0.2, 0.25) is 0 Å². The van der Waals surface area contributed by atoms with Crippen molar-refractivity contribution in [3.8, 4) is 5.69 Å². The van der Waals surface area contributed by atoms with Crippen molar-refractivity contribution in [3.63, 3.8) is 0 Å². The number of halogens is 3. The summed E-state index contributed by atoms with van der Waals surface area (Å²) in [4.78, 5) is 0. The second kappa shape index (κ2) is 5.43. The number of aryl methyl sites for hydroxylation is 2. The van der Waals surface area contributed by atoms with Gasteiger partial charge < -0.3 is 5.32 Å². The summed E-state index contributed by atoms with van der Waals surface area (Å²) in [5.74, 6) is 0. The summed E-state index contributed by atoms with van der Waals surface area (Å²) in [6.07, 6.45) is -1.05. The zero-order valence-corrected chi connectivity index (χ0v) is 12.5. The van der Waals surface area contributed by atoms with Crippen molar-refractivity contribution < 1.29 is 13.2 Å². The minimum Gasteiger partial charge on any atom is -0.310 e. The molecule has 0 spiro atoms. The van der Waals surface area contributed by atoms with Gasteiger partial charge in [-0.3, -0.25) is 0 Å². The van der Waals surface area contributed by atoms with Crippen LogP contribution < -0.4 is 5.32 Å². The summed E-state index contributed by atoms with van der Waals surface area (Å²) in [6.45, 7) is 4.01. The van der Waals surface area contributed by atoms with E-state index < -0.39 is 11.9 Å². The molecule has 1 N–H and O–H groups in total. The van der Waals surface area contributed by atoms with E-state index in [1.807, 2.05) is 19.9 Å². The molecule has 1 aliphatic carbocycles. The number of alkyl halides is 3. The maximum Gasteiger partial charge on any atom is 0.433 e. The second-order valence-corrected chi connectivity index (χ2v) is 5.85. The van der Waals surface area contributed by atoms with Gasteiger partial charge in [-0.05, 0) is 49.9 Å². The van der Waals surface area contributed by atoms with Crippen molar-refractivity contribution in [2.75, 3.05) is 0 Å². The zero-order chi connectivity index (χ0) is 15.9. The van der Waals surface area contributed by atoms with E-state index in [-0.39, 0.29) is 12.1 Å². The van der Waals surface area contributed by atoms with E-state index in [4.69, 9.17) is 0 Å². The topological polar surface area (TPSA) is 29.9 Å². The predicted octanol–water partition coefficient (Wildman–Crippen LogP) is 3.76. The first-order chi connectivity index (χ1) is 10.4. The summed E-state index contributed by atoms with van der Waals surface area (Å²) in [5.41, 5.74) is 1.92. The molecular weight excluding hydrogens is 291 g/mol. The number of hydrogen-bond donors (Lipinski definition) is 1. The molecule has 0 bridgehead atoms.